The van der Waals surface area contributed by atoms with Crippen molar-refractivity contribution in [3.8, 4) is 11.1 Å². The summed E-state index contributed by atoms with van der Waals surface area (Å²) in [6.45, 7) is 0. The van der Waals surface area contributed by atoms with Gasteiger partial charge in [-0.25, -0.2) is 8.42 Å². The number of carbonyl (C=O) groups excluding carboxylic acids is 2. The molecule has 4 rings (SSSR count). The van der Waals surface area contributed by atoms with E-state index in [2.05, 4.69) is 4.98 Å². The van der Waals surface area contributed by atoms with Gasteiger partial charge < -0.3 is 4.98 Å². The Morgan fingerprint density at radius 1 is 0.875 bits per heavy atom. The molecule has 0 aliphatic carbocycles. The van der Waals surface area contributed by atoms with Crippen molar-refractivity contribution in [2.75, 3.05) is 17.6 Å². The predicted octanol–water partition coefficient (Wildman–Crippen LogP) is 4.95. The molecule has 0 spiro atoms. The van der Waals surface area contributed by atoms with Gasteiger partial charge in [0.1, 0.15) is 5.82 Å². The fourth-order valence-corrected chi connectivity index (χ4v) is 4.14. The molecule has 0 atom stereocenters. The van der Waals surface area contributed by atoms with Gasteiger partial charge in [-0.05, 0) is 35.9 Å². The summed E-state index contributed by atoms with van der Waals surface area (Å²) in [4.78, 5) is 29.1. The Bertz CT molecular complexity index is 1440. The van der Waals surface area contributed by atoms with Gasteiger partial charge in [-0.15, -0.1) is 0 Å². The first kappa shape index (κ1) is 21.8. The summed E-state index contributed by atoms with van der Waals surface area (Å²) in [5, 5.41) is 1.10. The van der Waals surface area contributed by atoms with E-state index in [1.807, 2.05) is 30.3 Å². The van der Waals surface area contributed by atoms with Crippen LogP contribution in [0.3, 0.4) is 0 Å². The van der Waals surface area contributed by atoms with Gasteiger partial charge in [0.15, 0.2) is 0 Å². The molecule has 3 aromatic carbocycles. The molecule has 8 heteroatoms. The summed E-state index contributed by atoms with van der Waals surface area (Å²) in [6.07, 6.45) is 1.10. The zero-order valence-corrected chi connectivity index (χ0v) is 18.9. The number of benzene rings is 3. The minimum atomic E-state index is -3.59. The Balaban J connectivity index is 1.93. The number of sulfonamides is 1. The van der Waals surface area contributed by atoms with Crippen LogP contribution in [0.4, 0.5) is 5.82 Å². The Kier molecular flexibility index (Phi) is 5.62. The SMILES string of the molecule is CN(c1[nH]c2c(C(=O)C(=O)c3ccc(Cl)cc3)cccc2c1-c1ccccc1)S(C)(=O)=O. The highest BCUT2D eigenvalue weighted by molar-refractivity contribution is 7.92. The molecule has 0 aliphatic rings. The molecule has 6 nitrogen and oxygen atoms in total. The average Bonchev–Trinajstić information content (AvgIpc) is 3.17. The van der Waals surface area contributed by atoms with Crippen LogP contribution in [0.1, 0.15) is 20.7 Å². The average molecular weight is 467 g/mol. The lowest BCUT2D eigenvalue weighted by Crippen LogP contribution is -2.25. The number of fused-ring (bicyclic) bond motifs is 1. The number of nitrogens with zero attached hydrogens (tertiary/aromatic N) is 1. The van der Waals surface area contributed by atoms with Gasteiger partial charge in [-0.2, -0.15) is 0 Å². The molecular weight excluding hydrogens is 448 g/mol. The molecular formula is C24H19ClN2O4S. The summed E-state index contributed by atoms with van der Waals surface area (Å²) in [5.74, 6) is -1.07. The molecule has 0 saturated carbocycles. The van der Waals surface area contributed by atoms with Crippen LogP contribution in [-0.4, -0.2) is 38.3 Å². The van der Waals surface area contributed by atoms with Crippen molar-refractivity contribution in [1.29, 1.82) is 0 Å². The first-order valence-electron chi connectivity index (χ1n) is 9.67. The number of H-pyrrole nitrogens is 1. The highest BCUT2D eigenvalue weighted by atomic mass is 35.5. The fraction of sp³-hybridized carbons (Fsp3) is 0.0833. The number of halogens is 1. The molecule has 0 bridgehead atoms. The van der Waals surface area contributed by atoms with E-state index >= 15 is 0 Å². The Morgan fingerprint density at radius 3 is 2.16 bits per heavy atom. The molecule has 0 unspecified atom stereocenters. The summed E-state index contributed by atoms with van der Waals surface area (Å²) in [7, 11) is -2.16. The summed E-state index contributed by atoms with van der Waals surface area (Å²) < 4.78 is 25.7. The lowest BCUT2D eigenvalue weighted by atomic mass is 9.97. The van der Waals surface area contributed by atoms with E-state index in [1.165, 1.54) is 19.2 Å². The van der Waals surface area contributed by atoms with Crippen LogP contribution >= 0.6 is 11.6 Å². The lowest BCUT2D eigenvalue weighted by Gasteiger charge is -2.17. The Morgan fingerprint density at radius 2 is 1.53 bits per heavy atom. The smallest absolute Gasteiger partial charge is 0.235 e. The van der Waals surface area contributed by atoms with Gasteiger partial charge >= 0.3 is 0 Å². The monoisotopic (exact) mass is 466 g/mol. The van der Waals surface area contributed by atoms with E-state index in [4.69, 9.17) is 11.6 Å². The van der Waals surface area contributed by atoms with Crippen molar-refractivity contribution < 1.29 is 18.0 Å². The predicted molar refractivity (Wildman–Crippen MR) is 127 cm³/mol. The zero-order chi connectivity index (χ0) is 23.0. The van der Waals surface area contributed by atoms with E-state index in [0.717, 1.165) is 16.1 Å². The molecule has 0 radical (unpaired) electrons. The standard InChI is InChI=1S/C24H19ClN2O4S/c1-27(32(2,30)31)24-20(15-7-4-3-5-8-15)18-9-6-10-19(21(18)26-24)23(29)22(28)16-11-13-17(25)14-12-16/h3-14,26H,1-2H3. The number of nitrogens with one attached hydrogen (secondary N) is 1. The lowest BCUT2D eigenvalue weighted by molar-refractivity contribution is 0.0818. The Labute approximate surface area is 190 Å². The van der Waals surface area contributed by atoms with Crippen molar-refractivity contribution in [1.82, 2.24) is 4.98 Å². The van der Waals surface area contributed by atoms with E-state index < -0.39 is 21.6 Å². The maximum absolute atomic E-state index is 13.1. The number of ketones is 2. The number of aromatic amines is 1. The minimum absolute atomic E-state index is 0.160. The number of hydrogen-bond donors (Lipinski definition) is 1. The summed E-state index contributed by atoms with van der Waals surface area (Å²) in [6, 6.07) is 20.4. The van der Waals surface area contributed by atoms with E-state index in [1.54, 1.807) is 30.3 Å². The highest BCUT2D eigenvalue weighted by Crippen LogP contribution is 2.39. The second kappa shape index (κ2) is 8.26. The van der Waals surface area contributed by atoms with Crippen molar-refractivity contribution >= 4 is 49.9 Å². The number of carbonyl (C=O) groups is 2. The third kappa shape index (κ3) is 3.92. The van der Waals surface area contributed by atoms with Crippen LogP contribution in [0.25, 0.3) is 22.0 Å². The normalized spacial score (nSPS) is 11.5. The molecule has 32 heavy (non-hydrogen) atoms. The maximum Gasteiger partial charge on any atom is 0.235 e. The molecule has 4 aromatic rings. The van der Waals surface area contributed by atoms with Crippen LogP contribution in [-0.2, 0) is 10.0 Å². The van der Waals surface area contributed by atoms with E-state index in [9.17, 15) is 18.0 Å². The quantitative estimate of drug-likeness (QED) is 0.321. The van der Waals surface area contributed by atoms with Crippen molar-refractivity contribution in [2.45, 2.75) is 0 Å². The van der Waals surface area contributed by atoms with Gasteiger partial charge in [0.2, 0.25) is 21.6 Å². The molecule has 0 fully saturated rings. The van der Waals surface area contributed by atoms with Gasteiger partial charge in [0, 0.05) is 28.6 Å². The van der Waals surface area contributed by atoms with Crippen LogP contribution in [0.2, 0.25) is 5.02 Å². The number of hydrogen-bond acceptors (Lipinski definition) is 4. The van der Waals surface area contributed by atoms with Crippen molar-refractivity contribution in [2.24, 2.45) is 0 Å². The molecule has 0 amide bonds. The van der Waals surface area contributed by atoms with Crippen LogP contribution in [0.5, 0.6) is 0 Å². The zero-order valence-electron chi connectivity index (χ0n) is 17.3. The molecule has 0 saturated heterocycles. The van der Waals surface area contributed by atoms with Crippen LogP contribution in [0, 0.1) is 0 Å². The van der Waals surface area contributed by atoms with Gasteiger partial charge in [-0.1, -0.05) is 54.1 Å². The van der Waals surface area contributed by atoms with Gasteiger partial charge in [-0.3, -0.25) is 13.9 Å². The van der Waals surface area contributed by atoms with Gasteiger partial charge in [0.25, 0.3) is 0 Å². The second-order valence-corrected chi connectivity index (χ2v) is 9.79. The first-order chi connectivity index (χ1) is 15.2. The summed E-state index contributed by atoms with van der Waals surface area (Å²) >= 11 is 5.88. The third-order valence-corrected chi connectivity index (χ3v) is 6.68. The van der Waals surface area contributed by atoms with Crippen molar-refractivity contribution in [3.05, 3.63) is 88.9 Å². The third-order valence-electron chi connectivity index (χ3n) is 5.25. The highest BCUT2D eigenvalue weighted by Gasteiger charge is 2.26. The summed E-state index contributed by atoms with van der Waals surface area (Å²) in [5.41, 5.74) is 2.18. The van der Waals surface area contributed by atoms with E-state index in [-0.39, 0.29) is 11.1 Å². The van der Waals surface area contributed by atoms with Crippen LogP contribution in [0.15, 0.2) is 72.8 Å². The maximum atomic E-state index is 13.1. The molecule has 162 valence electrons. The largest absolute Gasteiger partial charge is 0.339 e. The second-order valence-electron chi connectivity index (χ2n) is 7.34. The first-order valence-corrected chi connectivity index (χ1v) is 11.9. The molecule has 1 heterocycles. The molecule has 1 N–H and O–H groups in total. The number of anilines is 1. The Hall–Kier alpha value is -3.42. The fourth-order valence-electron chi connectivity index (χ4n) is 3.55. The number of rotatable bonds is 6. The van der Waals surface area contributed by atoms with Crippen LogP contribution < -0.4 is 4.31 Å². The van der Waals surface area contributed by atoms with E-state index in [0.29, 0.717) is 27.3 Å². The number of para-hydroxylation sites is 1. The number of aromatic nitrogens is 1. The van der Waals surface area contributed by atoms with Crippen molar-refractivity contribution in [3.63, 3.8) is 0 Å². The number of Topliss-reactive ketones (excluding diaryl/α,β-unsaturated/α-hetero) is 2. The topological polar surface area (TPSA) is 87.3 Å². The minimum Gasteiger partial charge on any atom is -0.339 e. The molecule has 0 aliphatic heterocycles. The molecule has 1 aromatic heterocycles. The van der Waals surface area contributed by atoms with Gasteiger partial charge in [0.05, 0.1) is 17.3 Å².